The molecule has 20 heteroatoms. The van der Waals surface area contributed by atoms with Crippen molar-refractivity contribution >= 4 is 35.3 Å². The minimum Gasteiger partial charge on any atom is -0.431 e. The zero-order valence-electron chi connectivity index (χ0n) is 16.8. The van der Waals surface area contributed by atoms with E-state index < -0.39 is 60.6 Å². The van der Waals surface area contributed by atoms with Crippen LogP contribution in [0.1, 0.15) is 13.3 Å². The monoisotopic (exact) mass is 537 g/mol. The fourth-order valence-electron chi connectivity index (χ4n) is 2.87. The molecule has 7 N–H and O–H groups in total. The third kappa shape index (κ3) is 8.68. The Bertz CT molecular complexity index is 979. The molecule has 2 aliphatic rings. The average molecular weight is 537 g/mol. The van der Waals surface area contributed by atoms with Crippen LogP contribution in [-0.4, -0.2) is 66.7 Å². The van der Waals surface area contributed by atoms with Crippen LogP contribution < -0.4 is 5.73 Å². The topological polar surface area (TPSA) is 257 Å². The van der Waals surface area contributed by atoms with Gasteiger partial charge >= 0.3 is 29.4 Å². The maximum atomic E-state index is 12.0. The van der Waals surface area contributed by atoms with Crippen LogP contribution in [0, 0.1) is 5.92 Å². The molecule has 0 spiro atoms. The van der Waals surface area contributed by atoms with Crippen molar-refractivity contribution in [1.29, 1.82) is 0 Å². The smallest absolute Gasteiger partial charge is 0.431 e. The highest BCUT2D eigenvalue weighted by Crippen LogP contribution is 2.66. The van der Waals surface area contributed by atoms with Crippen LogP contribution in [-0.2, 0) is 41.1 Å². The van der Waals surface area contributed by atoms with Crippen molar-refractivity contribution in [2.24, 2.45) is 16.6 Å². The standard InChI is InChI=1S/C13H22N3O14P3/c1-7(27-8(2)17)9-5-12(16-4-3-11(14)15-13(16)18)28-10(9)6-26-32(22,23)30-33(24,25)29-31(19,20)21/h3-4,9-10,12-13,18H,1,5-6H2,2H3,(H2,14,15)(H,22,23)(H,24,25)(H2,19,20,21). The second kappa shape index (κ2) is 10.4. The molecule has 33 heavy (non-hydrogen) atoms. The molecule has 2 rings (SSSR count). The van der Waals surface area contributed by atoms with Gasteiger partial charge < -0.3 is 44.8 Å². The summed E-state index contributed by atoms with van der Waals surface area (Å²) in [7, 11) is -16.7. The summed E-state index contributed by atoms with van der Waals surface area (Å²) in [5.74, 6) is -1.63. The quantitative estimate of drug-likeness (QED) is 0.118. The molecular weight excluding hydrogens is 515 g/mol. The van der Waals surface area contributed by atoms with Crippen LogP contribution in [0.5, 0.6) is 0 Å². The maximum Gasteiger partial charge on any atom is 0.490 e. The number of hydrogen-bond acceptors (Lipinski definition) is 13. The number of amidine groups is 1. The van der Waals surface area contributed by atoms with Gasteiger partial charge in [0.15, 0.2) is 0 Å². The Morgan fingerprint density at radius 3 is 2.45 bits per heavy atom. The first-order valence-electron chi connectivity index (χ1n) is 8.76. The fraction of sp³-hybridized carbons (Fsp3) is 0.538. The van der Waals surface area contributed by atoms with Crippen molar-refractivity contribution in [2.45, 2.75) is 32.0 Å². The van der Waals surface area contributed by atoms with Gasteiger partial charge in [0.05, 0.1) is 12.7 Å². The first-order chi connectivity index (χ1) is 15.0. The molecule has 1 fully saturated rings. The predicted molar refractivity (Wildman–Crippen MR) is 106 cm³/mol. The summed E-state index contributed by atoms with van der Waals surface area (Å²) in [5, 5.41) is 10.1. The Kier molecular flexibility index (Phi) is 8.79. The third-order valence-electron chi connectivity index (χ3n) is 4.02. The number of carbonyl (C=O) groups is 1. The van der Waals surface area contributed by atoms with Crippen LogP contribution in [0.2, 0.25) is 0 Å². The molecular formula is C13H22N3O14P3. The average Bonchev–Trinajstić information content (AvgIpc) is 3.00. The molecule has 2 heterocycles. The maximum absolute atomic E-state index is 12.0. The zero-order chi connectivity index (χ0) is 25.2. The number of phosphoric ester groups is 1. The molecule has 0 aliphatic carbocycles. The fourth-order valence-corrected chi connectivity index (χ4v) is 5.90. The summed E-state index contributed by atoms with van der Waals surface area (Å²) in [4.78, 5) is 52.2. The van der Waals surface area contributed by atoms with Gasteiger partial charge in [-0.25, -0.2) is 18.7 Å². The molecule has 0 aromatic heterocycles. The molecule has 2 aliphatic heterocycles. The minimum atomic E-state index is -5.70. The van der Waals surface area contributed by atoms with Crippen molar-refractivity contribution in [3.05, 3.63) is 24.6 Å². The number of carbonyl (C=O) groups excluding carboxylic acids is 1. The molecule has 17 nitrogen and oxygen atoms in total. The number of aliphatic hydroxyl groups excluding tert-OH is 1. The molecule has 6 atom stereocenters. The van der Waals surface area contributed by atoms with Crippen molar-refractivity contribution in [3.63, 3.8) is 0 Å². The van der Waals surface area contributed by atoms with Crippen LogP contribution >= 0.6 is 23.5 Å². The summed E-state index contributed by atoms with van der Waals surface area (Å²) in [6, 6.07) is 0. The molecule has 0 radical (unpaired) electrons. The summed E-state index contributed by atoms with van der Waals surface area (Å²) < 4.78 is 56.6. The number of esters is 1. The number of rotatable bonds is 10. The first-order valence-corrected chi connectivity index (χ1v) is 13.3. The Hall–Kier alpha value is -1.45. The van der Waals surface area contributed by atoms with Crippen LogP contribution in [0.15, 0.2) is 29.6 Å². The highest BCUT2D eigenvalue weighted by molar-refractivity contribution is 7.66. The molecule has 0 aromatic carbocycles. The second-order valence-electron chi connectivity index (χ2n) is 6.58. The van der Waals surface area contributed by atoms with Gasteiger partial charge in [0, 0.05) is 25.5 Å². The van der Waals surface area contributed by atoms with E-state index in [1.54, 1.807) is 0 Å². The summed E-state index contributed by atoms with van der Waals surface area (Å²) in [6.45, 7) is 3.89. The summed E-state index contributed by atoms with van der Waals surface area (Å²) in [6.07, 6.45) is -0.776. The van der Waals surface area contributed by atoms with Gasteiger partial charge in [0.25, 0.3) is 0 Å². The van der Waals surface area contributed by atoms with E-state index in [1.807, 2.05) is 0 Å². The van der Waals surface area contributed by atoms with Gasteiger partial charge in [-0.05, 0) is 6.08 Å². The number of phosphoric acid groups is 3. The van der Waals surface area contributed by atoms with Gasteiger partial charge in [0.2, 0.25) is 6.35 Å². The highest BCUT2D eigenvalue weighted by atomic mass is 31.3. The van der Waals surface area contributed by atoms with E-state index in [0.29, 0.717) is 0 Å². The van der Waals surface area contributed by atoms with Crippen LogP contribution in [0.25, 0.3) is 0 Å². The zero-order valence-corrected chi connectivity index (χ0v) is 19.5. The van der Waals surface area contributed by atoms with Crippen molar-refractivity contribution in [1.82, 2.24) is 4.90 Å². The number of hydrogen-bond donors (Lipinski definition) is 6. The van der Waals surface area contributed by atoms with Gasteiger partial charge in [-0.3, -0.25) is 9.32 Å². The lowest BCUT2D eigenvalue weighted by Gasteiger charge is -2.31. The first kappa shape index (κ1) is 27.8. The highest BCUT2D eigenvalue weighted by Gasteiger charge is 2.45. The Morgan fingerprint density at radius 2 is 1.91 bits per heavy atom. The summed E-state index contributed by atoms with van der Waals surface area (Å²) >= 11 is 0. The lowest BCUT2D eigenvalue weighted by atomic mass is 9.99. The van der Waals surface area contributed by atoms with Gasteiger partial charge in [0.1, 0.15) is 17.8 Å². The SMILES string of the molecule is C=C(OC(C)=O)C1CC(N2C=CC(N)=NC2O)OC1COP(=O)(O)OP(=O)(O)OP(=O)(O)O. The van der Waals surface area contributed by atoms with E-state index in [4.69, 9.17) is 25.0 Å². The number of aliphatic imine (C=N–C) groups is 1. The molecule has 0 amide bonds. The van der Waals surface area contributed by atoms with E-state index in [-0.39, 0.29) is 18.0 Å². The Balaban J connectivity index is 2.12. The van der Waals surface area contributed by atoms with E-state index in [1.165, 1.54) is 17.2 Å². The van der Waals surface area contributed by atoms with Gasteiger partial charge in [-0.15, -0.1) is 0 Å². The Labute approximate surface area is 186 Å². The lowest BCUT2D eigenvalue weighted by molar-refractivity contribution is -0.138. The van der Waals surface area contributed by atoms with E-state index in [0.717, 1.165) is 6.92 Å². The van der Waals surface area contributed by atoms with Crippen molar-refractivity contribution in [2.75, 3.05) is 6.61 Å². The number of aliphatic hydroxyl groups is 1. The molecule has 0 saturated carbocycles. The van der Waals surface area contributed by atoms with Gasteiger partial charge in [-0.1, -0.05) is 6.58 Å². The van der Waals surface area contributed by atoms with Crippen LogP contribution in [0.4, 0.5) is 0 Å². The summed E-state index contributed by atoms with van der Waals surface area (Å²) in [5.41, 5.74) is 5.50. The Morgan fingerprint density at radius 1 is 1.27 bits per heavy atom. The molecule has 0 aromatic rings. The van der Waals surface area contributed by atoms with Crippen molar-refractivity contribution in [3.8, 4) is 0 Å². The van der Waals surface area contributed by atoms with E-state index in [2.05, 4.69) is 24.7 Å². The predicted octanol–water partition coefficient (Wildman–Crippen LogP) is -0.400. The number of nitrogens with zero attached hydrogens (tertiary/aromatic N) is 2. The number of ether oxygens (including phenoxy) is 2. The van der Waals surface area contributed by atoms with Crippen molar-refractivity contribution < 1.29 is 65.8 Å². The molecule has 6 unspecified atom stereocenters. The second-order valence-corrected chi connectivity index (χ2v) is 11.0. The molecule has 188 valence electrons. The van der Waals surface area contributed by atoms with Crippen LogP contribution in [0.3, 0.4) is 0 Å². The number of nitrogens with two attached hydrogens (primary N) is 1. The van der Waals surface area contributed by atoms with E-state index in [9.17, 15) is 33.4 Å². The molecule has 0 bridgehead atoms. The minimum absolute atomic E-state index is 0.0212. The van der Waals surface area contributed by atoms with Gasteiger partial charge in [-0.2, -0.15) is 8.62 Å². The third-order valence-corrected chi connectivity index (χ3v) is 7.83. The lowest BCUT2D eigenvalue weighted by Crippen LogP contribution is -2.41. The normalized spacial score (nSPS) is 29.2. The molecule has 1 saturated heterocycles. The van der Waals surface area contributed by atoms with E-state index >= 15 is 0 Å². The largest absolute Gasteiger partial charge is 0.490 e.